The van der Waals surface area contributed by atoms with E-state index in [1.165, 1.54) is 16.7 Å². The zero-order chi connectivity index (χ0) is 13.1. The summed E-state index contributed by atoms with van der Waals surface area (Å²) in [5.41, 5.74) is 4.95. The van der Waals surface area contributed by atoms with Gasteiger partial charge >= 0.3 is 0 Å². The van der Waals surface area contributed by atoms with Crippen molar-refractivity contribution in [3.63, 3.8) is 0 Å². The van der Waals surface area contributed by atoms with Crippen LogP contribution in [-0.4, -0.2) is 18.6 Å². The zero-order valence-electron chi connectivity index (χ0n) is 10.9. The molecule has 1 aromatic heterocycles. The van der Waals surface area contributed by atoms with Crippen molar-refractivity contribution in [2.24, 2.45) is 0 Å². The monoisotopic (exact) mass is 324 g/mol. The molecule has 2 rings (SSSR count). The minimum Gasteiger partial charge on any atom is -0.319 e. The highest BCUT2D eigenvalue weighted by Crippen LogP contribution is 2.34. The highest BCUT2D eigenvalue weighted by Gasteiger charge is 2.12. The Labute approximate surface area is 121 Å². The molecule has 0 aliphatic carbocycles. The first-order valence-electron chi connectivity index (χ1n) is 5.99. The Bertz CT molecular complexity index is 549. The lowest BCUT2D eigenvalue weighted by atomic mass is 10.1. The van der Waals surface area contributed by atoms with Gasteiger partial charge in [-0.2, -0.15) is 0 Å². The van der Waals surface area contributed by atoms with Crippen LogP contribution in [0.1, 0.15) is 16.8 Å². The number of aryl methyl sites for hydroxylation is 2. The maximum Gasteiger partial charge on any atom is 0.124 e. The second-order valence-electron chi connectivity index (χ2n) is 4.41. The molecule has 0 spiro atoms. The van der Waals surface area contributed by atoms with Gasteiger partial charge in [-0.15, -0.1) is 11.3 Å². The van der Waals surface area contributed by atoms with E-state index in [1.54, 1.807) is 11.3 Å². The van der Waals surface area contributed by atoms with Crippen LogP contribution in [-0.2, 0) is 6.42 Å². The van der Waals surface area contributed by atoms with E-state index in [1.807, 2.05) is 7.05 Å². The molecule has 1 heterocycles. The van der Waals surface area contributed by atoms with Crippen molar-refractivity contribution < 1.29 is 0 Å². The van der Waals surface area contributed by atoms with Crippen LogP contribution in [0.4, 0.5) is 0 Å². The van der Waals surface area contributed by atoms with E-state index >= 15 is 0 Å². The summed E-state index contributed by atoms with van der Waals surface area (Å²) in [5.74, 6) is 0. The molecule has 1 N–H and O–H groups in total. The van der Waals surface area contributed by atoms with Gasteiger partial charge in [0.15, 0.2) is 0 Å². The number of aromatic nitrogens is 1. The van der Waals surface area contributed by atoms with E-state index in [0.29, 0.717) is 0 Å². The summed E-state index contributed by atoms with van der Waals surface area (Å²) >= 11 is 5.33. The van der Waals surface area contributed by atoms with Crippen molar-refractivity contribution in [2.45, 2.75) is 20.3 Å². The Morgan fingerprint density at radius 3 is 2.83 bits per heavy atom. The van der Waals surface area contributed by atoms with Gasteiger partial charge in [-0.3, -0.25) is 0 Å². The number of nitrogens with one attached hydrogen (secondary N) is 1. The number of rotatable bonds is 4. The van der Waals surface area contributed by atoms with Crippen LogP contribution >= 0.6 is 27.3 Å². The molecule has 2 aromatic rings. The number of thiazole rings is 1. The molecular weight excluding hydrogens is 308 g/mol. The topological polar surface area (TPSA) is 24.9 Å². The van der Waals surface area contributed by atoms with E-state index in [4.69, 9.17) is 4.98 Å². The molecule has 2 nitrogen and oxygen atoms in total. The molecule has 96 valence electrons. The molecule has 0 atom stereocenters. The molecule has 0 unspecified atom stereocenters. The second-order valence-corrected chi connectivity index (χ2v) is 6.73. The van der Waals surface area contributed by atoms with Crippen molar-refractivity contribution in [2.75, 3.05) is 13.6 Å². The van der Waals surface area contributed by atoms with Crippen molar-refractivity contribution in [3.05, 3.63) is 38.8 Å². The fraction of sp³-hybridized carbons (Fsp3) is 0.357. The summed E-state index contributed by atoms with van der Waals surface area (Å²) in [6, 6.07) is 6.51. The van der Waals surface area contributed by atoms with Gasteiger partial charge in [0.2, 0.25) is 0 Å². The van der Waals surface area contributed by atoms with Crippen LogP contribution in [0.3, 0.4) is 0 Å². The lowest BCUT2D eigenvalue weighted by molar-refractivity contribution is 0.778. The van der Waals surface area contributed by atoms with Crippen molar-refractivity contribution in [1.29, 1.82) is 0 Å². The van der Waals surface area contributed by atoms with E-state index in [9.17, 15) is 0 Å². The summed E-state index contributed by atoms with van der Waals surface area (Å²) in [6.45, 7) is 5.21. The number of benzene rings is 1. The summed E-state index contributed by atoms with van der Waals surface area (Å²) in [4.78, 5) is 4.75. The number of nitrogens with zero attached hydrogens (tertiary/aromatic N) is 1. The van der Waals surface area contributed by atoms with E-state index in [-0.39, 0.29) is 0 Å². The Hall–Kier alpha value is -0.710. The van der Waals surface area contributed by atoms with Gasteiger partial charge in [0.05, 0.1) is 9.48 Å². The summed E-state index contributed by atoms with van der Waals surface area (Å²) in [6.07, 6.45) is 0.957. The fourth-order valence-corrected chi connectivity index (χ4v) is 3.48. The average molecular weight is 325 g/mol. The summed E-state index contributed by atoms with van der Waals surface area (Å²) in [7, 11) is 1.96. The molecule has 0 radical (unpaired) electrons. The van der Waals surface area contributed by atoms with Crippen LogP contribution in [0, 0.1) is 13.8 Å². The predicted molar refractivity (Wildman–Crippen MR) is 82.4 cm³/mol. The van der Waals surface area contributed by atoms with Crippen LogP contribution in [0.25, 0.3) is 10.6 Å². The second kappa shape index (κ2) is 5.95. The van der Waals surface area contributed by atoms with Gasteiger partial charge in [-0.25, -0.2) is 4.98 Å². The average Bonchev–Trinajstić information content (AvgIpc) is 2.71. The SMILES string of the molecule is CNCCc1nc(-c2cc(C)ccc2C)sc1Br. The first-order chi connectivity index (χ1) is 8.61. The van der Waals surface area contributed by atoms with Crippen molar-refractivity contribution >= 4 is 27.3 Å². The lowest BCUT2D eigenvalue weighted by Gasteiger charge is -2.03. The third-order valence-electron chi connectivity index (χ3n) is 2.88. The molecule has 0 aliphatic rings. The van der Waals surface area contributed by atoms with Crippen molar-refractivity contribution in [3.8, 4) is 10.6 Å². The fourth-order valence-electron chi connectivity index (χ4n) is 1.81. The molecular formula is C14H17BrN2S. The molecule has 0 aliphatic heterocycles. The zero-order valence-corrected chi connectivity index (χ0v) is 13.3. The smallest absolute Gasteiger partial charge is 0.124 e. The minimum atomic E-state index is 0.953. The molecule has 18 heavy (non-hydrogen) atoms. The maximum absolute atomic E-state index is 4.75. The normalized spacial score (nSPS) is 10.9. The van der Waals surface area contributed by atoms with E-state index in [2.05, 4.69) is 53.3 Å². The number of hydrogen-bond acceptors (Lipinski definition) is 3. The van der Waals surface area contributed by atoms with Crippen LogP contribution in [0.5, 0.6) is 0 Å². The van der Waals surface area contributed by atoms with Gasteiger partial charge < -0.3 is 5.32 Å². The van der Waals surface area contributed by atoms with Gasteiger partial charge in [0.25, 0.3) is 0 Å². The molecule has 0 saturated heterocycles. The number of likely N-dealkylation sites (N-methyl/N-ethyl adjacent to an activating group) is 1. The van der Waals surface area contributed by atoms with Gasteiger partial charge in [-0.05, 0) is 48.5 Å². The van der Waals surface area contributed by atoms with E-state index in [0.717, 1.165) is 27.5 Å². The Kier molecular flexibility index (Phi) is 4.54. The number of halogens is 1. The van der Waals surface area contributed by atoms with Gasteiger partial charge in [0.1, 0.15) is 5.01 Å². The quantitative estimate of drug-likeness (QED) is 0.921. The first-order valence-corrected chi connectivity index (χ1v) is 7.60. The molecule has 0 fully saturated rings. The number of hydrogen-bond donors (Lipinski definition) is 1. The molecule has 0 bridgehead atoms. The maximum atomic E-state index is 4.75. The third kappa shape index (κ3) is 2.99. The highest BCUT2D eigenvalue weighted by molar-refractivity contribution is 9.11. The lowest BCUT2D eigenvalue weighted by Crippen LogP contribution is -2.10. The summed E-state index contributed by atoms with van der Waals surface area (Å²) < 4.78 is 1.15. The van der Waals surface area contributed by atoms with Gasteiger partial charge in [0, 0.05) is 18.5 Å². The Balaban J connectivity index is 2.36. The third-order valence-corrected chi connectivity index (χ3v) is 4.75. The largest absolute Gasteiger partial charge is 0.319 e. The molecule has 0 saturated carbocycles. The van der Waals surface area contributed by atoms with Crippen LogP contribution in [0.15, 0.2) is 22.0 Å². The summed E-state index contributed by atoms with van der Waals surface area (Å²) in [5, 5.41) is 4.26. The molecule has 4 heteroatoms. The van der Waals surface area contributed by atoms with Gasteiger partial charge in [-0.1, -0.05) is 17.7 Å². The van der Waals surface area contributed by atoms with Crippen LogP contribution < -0.4 is 5.32 Å². The molecule has 1 aromatic carbocycles. The first kappa shape index (κ1) is 13.7. The Morgan fingerprint density at radius 2 is 2.11 bits per heavy atom. The van der Waals surface area contributed by atoms with Crippen molar-refractivity contribution in [1.82, 2.24) is 10.3 Å². The predicted octanol–water partition coefficient (Wildman–Crippen LogP) is 3.95. The Morgan fingerprint density at radius 1 is 1.33 bits per heavy atom. The standard InChI is InChI=1S/C14H17BrN2S/c1-9-4-5-10(2)11(8-9)14-17-12(6-7-16-3)13(15)18-14/h4-5,8,16H,6-7H2,1-3H3. The highest BCUT2D eigenvalue weighted by atomic mass is 79.9. The minimum absolute atomic E-state index is 0.953. The van der Waals surface area contributed by atoms with E-state index < -0.39 is 0 Å². The molecule has 0 amide bonds. The van der Waals surface area contributed by atoms with Crippen LogP contribution in [0.2, 0.25) is 0 Å².